The molecule has 0 saturated carbocycles. The summed E-state index contributed by atoms with van der Waals surface area (Å²) in [6, 6.07) is 5.26. The molecule has 0 aromatic carbocycles. The maximum absolute atomic E-state index is 12.9. The molecule has 0 aliphatic carbocycles. The molecule has 0 bridgehead atoms. The number of halogens is 1. The third-order valence-corrected chi connectivity index (χ3v) is 3.28. The van der Waals surface area contributed by atoms with Crippen molar-refractivity contribution in [2.45, 2.75) is 32.4 Å². The molecular weight excluding hydrogens is 219 g/mol. The first-order valence-corrected chi connectivity index (χ1v) is 6.18. The van der Waals surface area contributed by atoms with Gasteiger partial charge in [0.1, 0.15) is 0 Å². The van der Waals surface area contributed by atoms with Crippen molar-refractivity contribution in [1.29, 1.82) is 0 Å². The van der Waals surface area contributed by atoms with Crippen LogP contribution in [0.4, 0.5) is 4.39 Å². The fourth-order valence-electron chi connectivity index (χ4n) is 2.14. The zero-order chi connectivity index (χ0) is 12.1. The minimum absolute atomic E-state index is 0.375. The van der Waals surface area contributed by atoms with Crippen molar-refractivity contribution in [3.8, 4) is 0 Å². The van der Waals surface area contributed by atoms with Gasteiger partial charge in [-0.2, -0.15) is 4.39 Å². The van der Waals surface area contributed by atoms with Gasteiger partial charge in [0.2, 0.25) is 5.95 Å². The smallest absolute Gasteiger partial charge is 0.213 e. The second-order valence-electron chi connectivity index (χ2n) is 4.60. The van der Waals surface area contributed by atoms with Crippen LogP contribution in [0.3, 0.4) is 0 Å². The summed E-state index contributed by atoms with van der Waals surface area (Å²) in [6.07, 6.45) is 2.33. The summed E-state index contributed by atoms with van der Waals surface area (Å²) in [7, 11) is 0. The maximum Gasteiger partial charge on any atom is 0.213 e. The molecule has 4 heteroatoms. The Labute approximate surface area is 101 Å². The lowest BCUT2D eigenvalue weighted by Crippen LogP contribution is -2.37. The van der Waals surface area contributed by atoms with Crippen molar-refractivity contribution in [2.24, 2.45) is 5.92 Å². The summed E-state index contributed by atoms with van der Waals surface area (Å²) in [5.74, 6) is 0.135. The highest BCUT2D eigenvalue weighted by Crippen LogP contribution is 2.17. The normalized spacial score (nSPS) is 22.4. The first kappa shape index (κ1) is 12.5. The topological polar surface area (TPSA) is 34.2 Å². The SMILES string of the molecule is C[C@@H](NCc1cccc(F)n1)[C@H]1CCCOC1. The molecule has 2 atom stereocenters. The second-order valence-corrected chi connectivity index (χ2v) is 4.60. The van der Waals surface area contributed by atoms with E-state index in [1.165, 1.54) is 12.5 Å². The summed E-state index contributed by atoms with van der Waals surface area (Å²) < 4.78 is 18.3. The van der Waals surface area contributed by atoms with Gasteiger partial charge in [-0.05, 0) is 37.8 Å². The molecule has 1 fully saturated rings. The van der Waals surface area contributed by atoms with Gasteiger partial charge in [0.25, 0.3) is 0 Å². The van der Waals surface area contributed by atoms with Crippen LogP contribution in [0.2, 0.25) is 0 Å². The Kier molecular flexibility index (Phi) is 4.45. The van der Waals surface area contributed by atoms with E-state index in [1.54, 1.807) is 6.07 Å². The quantitative estimate of drug-likeness (QED) is 0.816. The lowest BCUT2D eigenvalue weighted by Gasteiger charge is -2.28. The predicted molar refractivity (Wildman–Crippen MR) is 64.0 cm³/mol. The van der Waals surface area contributed by atoms with E-state index in [4.69, 9.17) is 4.74 Å². The molecule has 1 N–H and O–H groups in total. The lowest BCUT2D eigenvalue weighted by atomic mass is 9.95. The van der Waals surface area contributed by atoms with E-state index in [0.717, 1.165) is 25.3 Å². The fraction of sp³-hybridized carbons (Fsp3) is 0.615. The standard InChI is InChI=1S/C13H19FN2O/c1-10(11-4-3-7-17-9-11)15-8-12-5-2-6-13(14)16-12/h2,5-6,10-11,15H,3-4,7-9H2,1H3/t10-,11+/m1/s1. The molecule has 94 valence electrons. The number of hydrogen-bond donors (Lipinski definition) is 1. The van der Waals surface area contributed by atoms with Crippen molar-refractivity contribution in [2.75, 3.05) is 13.2 Å². The largest absolute Gasteiger partial charge is 0.381 e. The maximum atomic E-state index is 12.9. The van der Waals surface area contributed by atoms with Crippen LogP contribution in [0.5, 0.6) is 0 Å². The van der Waals surface area contributed by atoms with Crippen LogP contribution in [-0.2, 0) is 11.3 Å². The average Bonchev–Trinajstić information content (AvgIpc) is 2.37. The van der Waals surface area contributed by atoms with Crippen LogP contribution in [0.15, 0.2) is 18.2 Å². The number of nitrogens with zero attached hydrogens (tertiary/aromatic N) is 1. The first-order chi connectivity index (χ1) is 8.25. The zero-order valence-electron chi connectivity index (χ0n) is 10.2. The monoisotopic (exact) mass is 238 g/mol. The first-order valence-electron chi connectivity index (χ1n) is 6.18. The molecule has 1 aliphatic heterocycles. The van der Waals surface area contributed by atoms with Gasteiger partial charge in [-0.25, -0.2) is 4.98 Å². The molecule has 2 rings (SSSR count). The van der Waals surface area contributed by atoms with Gasteiger partial charge in [-0.1, -0.05) is 6.07 Å². The summed E-state index contributed by atoms with van der Waals surface area (Å²) >= 11 is 0. The van der Waals surface area contributed by atoms with Crippen LogP contribution >= 0.6 is 0 Å². The van der Waals surface area contributed by atoms with Crippen LogP contribution < -0.4 is 5.32 Å². The molecular formula is C13H19FN2O. The minimum Gasteiger partial charge on any atom is -0.381 e. The van der Waals surface area contributed by atoms with Crippen molar-refractivity contribution in [1.82, 2.24) is 10.3 Å². The number of rotatable bonds is 4. The van der Waals surface area contributed by atoms with E-state index in [0.29, 0.717) is 18.5 Å². The van der Waals surface area contributed by atoms with Gasteiger partial charge in [-0.15, -0.1) is 0 Å². The van der Waals surface area contributed by atoms with Crippen LogP contribution in [-0.4, -0.2) is 24.2 Å². The Morgan fingerprint density at radius 1 is 1.59 bits per heavy atom. The minimum atomic E-state index is -0.419. The van der Waals surface area contributed by atoms with E-state index >= 15 is 0 Å². The van der Waals surface area contributed by atoms with E-state index in [9.17, 15) is 4.39 Å². The van der Waals surface area contributed by atoms with Crippen molar-refractivity contribution in [3.63, 3.8) is 0 Å². The number of aromatic nitrogens is 1. The Bertz CT molecular complexity index is 353. The average molecular weight is 238 g/mol. The van der Waals surface area contributed by atoms with Gasteiger partial charge >= 0.3 is 0 Å². The highest BCUT2D eigenvalue weighted by atomic mass is 19.1. The molecule has 1 saturated heterocycles. The molecule has 0 radical (unpaired) electrons. The van der Waals surface area contributed by atoms with Gasteiger partial charge in [0, 0.05) is 19.2 Å². The molecule has 2 heterocycles. The molecule has 1 aliphatic rings. The highest BCUT2D eigenvalue weighted by molar-refractivity contribution is 5.04. The van der Waals surface area contributed by atoms with Crippen molar-refractivity contribution in [3.05, 3.63) is 29.8 Å². The molecule has 3 nitrogen and oxygen atoms in total. The Morgan fingerprint density at radius 2 is 2.47 bits per heavy atom. The van der Waals surface area contributed by atoms with Gasteiger partial charge < -0.3 is 10.1 Å². The van der Waals surface area contributed by atoms with Gasteiger partial charge in [0.05, 0.1) is 12.3 Å². The van der Waals surface area contributed by atoms with Gasteiger partial charge in [0.15, 0.2) is 0 Å². The van der Waals surface area contributed by atoms with Crippen LogP contribution in [0.1, 0.15) is 25.5 Å². The van der Waals surface area contributed by atoms with E-state index in [1.807, 2.05) is 6.07 Å². The molecule has 0 spiro atoms. The summed E-state index contributed by atoms with van der Waals surface area (Å²) in [4.78, 5) is 3.83. The van der Waals surface area contributed by atoms with Crippen molar-refractivity contribution >= 4 is 0 Å². The Balaban J connectivity index is 1.80. The Morgan fingerprint density at radius 3 is 3.18 bits per heavy atom. The summed E-state index contributed by atoms with van der Waals surface area (Å²) in [5.41, 5.74) is 0.744. The Hall–Kier alpha value is -1.00. The van der Waals surface area contributed by atoms with E-state index in [2.05, 4.69) is 17.2 Å². The zero-order valence-corrected chi connectivity index (χ0v) is 10.2. The lowest BCUT2D eigenvalue weighted by molar-refractivity contribution is 0.0417. The fourth-order valence-corrected chi connectivity index (χ4v) is 2.14. The second kappa shape index (κ2) is 6.07. The van der Waals surface area contributed by atoms with Gasteiger partial charge in [-0.3, -0.25) is 0 Å². The van der Waals surface area contributed by atoms with E-state index in [-0.39, 0.29) is 0 Å². The number of pyridine rings is 1. The highest BCUT2D eigenvalue weighted by Gasteiger charge is 2.20. The molecule has 0 amide bonds. The summed E-state index contributed by atoms with van der Waals surface area (Å²) in [6.45, 7) is 4.47. The predicted octanol–water partition coefficient (Wildman–Crippen LogP) is 2.13. The van der Waals surface area contributed by atoms with E-state index < -0.39 is 5.95 Å². The van der Waals surface area contributed by atoms with Crippen LogP contribution in [0.25, 0.3) is 0 Å². The van der Waals surface area contributed by atoms with Crippen molar-refractivity contribution < 1.29 is 9.13 Å². The molecule has 0 unspecified atom stereocenters. The number of nitrogens with one attached hydrogen (secondary N) is 1. The van der Waals surface area contributed by atoms with Crippen LogP contribution in [0, 0.1) is 11.9 Å². The molecule has 1 aromatic rings. The number of ether oxygens (including phenoxy) is 1. The third-order valence-electron chi connectivity index (χ3n) is 3.28. The molecule has 1 aromatic heterocycles. The summed E-state index contributed by atoms with van der Waals surface area (Å²) in [5, 5.41) is 3.39. The number of hydrogen-bond acceptors (Lipinski definition) is 3. The molecule has 17 heavy (non-hydrogen) atoms. The third kappa shape index (κ3) is 3.75.